The second-order valence-corrected chi connectivity index (χ2v) is 4.58. The molecule has 0 saturated carbocycles. The standard InChI is InChI=1S/C12H19NO3/c1-4-6-12(11(15)16)7-5-8-13(12)10(14)9(2)3/h4,9H,1,5-8H2,2-3H3,(H,15,16)/t12-/m0/s1. The second-order valence-electron chi connectivity index (χ2n) is 4.58. The van der Waals surface area contributed by atoms with Gasteiger partial charge in [0.15, 0.2) is 0 Å². The number of carbonyl (C=O) groups excluding carboxylic acids is 1. The molecule has 1 amide bonds. The van der Waals surface area contributed by atoms with Crippen molar-refractivity contribution in [2.75, 3.05) is 6.54 Å². The first-order chi connectivity index (χ1) is 7.45. The van der Waals surface area contributed by atoms with E-state index in [1.165, 1.54) is 4.90 Å². The van der Waals surface area contributed by atoms with Crippen molar-refractivity contribution in [2.45, 2.75) is 38.6 Å². The van der Waals surface area contributed by atoms with Gasteiger partial charge >= 0.3 is 5.97 Å². The molecule has 0 unspecified atom stereocenters. The van der Waals surface area contributed by atoms with Crippen LogP contribution in [0.15, 0.2) is 12.7 Å². The molecule has 90 valence electrons. The van der Waals surface area contributed by atoms with Gasteiger partial charge in [0, 0.05) is 12.5 Å². The molecule has 1 aliphatic heterocycles. The van der Waals surface area contributed by atoms with Gasteiger partial charge in [-0.05, 0) is 19.3 Å². The Kier molecular flexibility index (Phi) is 3.73. The molecule has 1 aliphatic rings. The van der Waals surface area contributed by atoms with Gasteiger partial charge in [-0.1, -0.05) is 19.9 Å². The molecule has 0 aromatic heterocycles. The number of rotatable bonds is 4. The summed E-state index contributed by atoms with van der Waals surface area (Å²) in [6.07, 6.45) is 3.17. The summed E-state index contributed by atoms with van der Waals surface area (Å²) in [5.74, 6) is -1.16. The highest BCUT2D eigenvalue weighted by atomic mass is 16.4. The van der Waals surface area contributed by atoms with Crippen molar-refractivity contribution in [1.29, 1.82) is 0 Å². The van der Waals surface area contributed by atoms with Crippen LogP contribution >= 0.6 is 0 Å². The largest absolute Gasteiger partial charge is 0.479 e. The zero-order chi connectivity index (χ0) is 12.3. The molecule has 16 heavy (non-hydrogen) atoms. The number of aliphatic carboxylic acids is 1. The van der Waals surface area contributed by atoms with E-state index in [9.17, 15) is 14.7 Å². The number of carboxylic acids is 1. The predicted molar refractivity (Wildman–Crippen MR) is 61.0 cm³/mol. The fraction of sp³-hybridized carbons (Fsp3) is 0.667. The fourth-order valence-electron chi connectivity index (χ4n) is 2.27. The summed E-state index contributed by atoms with van der Waals surface area (Å²) in [5.41, 5.74) is -1.05. The lowest BCUT2D eigenvalue weighted by molar-refractivity contribution is -0.157. The Bertz CT molecular complexity index is 311. The van der Waals surface area contributed by atoms with Crippen LogP contribution in [0.3, 0.4) is 0 Å². The number of hydrogen-bond acceptors (Lipinski definition) is 2. The minimum absolute atomic E-state index is 0.0817. The molecule has 0 radical (unpaired) electrons. The number of hydrogen-bond donors (Lipinski definition) is 1. The van der Waals surface area contributed by atoms with E-state index in [0.717, 1.165) is 6.42 Å². The van der Waals surface area contributed by atoms with E-state index >= 15 is 0 Å². The van der Waals surface area contributed by atoms with Crippen LogP contribution < -0.4 is 0 Å². The van der Waals surface area contributed by atoms with E-state index in [1.54, 1.807) is 19.9 Å². The molecule has 1 atom stereocenters. The van der Waals surface area contributed by atoms with E-state index in [2.05, 4.69) is 6.58 Å². The average molecular weight is 225 g/mol. The first kappa shape index (κ1) is 12.7. The van der Waals surface area contributed by atoms with Crippen LogP contribution in [0.1, 0.15) is 33.1 Å². The Morgan fingerprint density at radius 3 is 2.62 bits per heavy atom. The SMILES string of the molecule is C=CC[C@@]1(C(=O)O)CCCN1C(=O)C(C)C. The van der Waals surface area contributed by atoms with Gasteiger partial charge in [-0.2, -0.15) is 0 Å². The molecule has 4 nitrogen and oxygen atoms in total. The lowest BCUT2D eigenvalue weighted by Crippen LogP contribution is -2.53. The van der Waals surface area contributed by atoms with E-state index in [1.807, 2.05) is 0 Å². The Balaban J connectivity index is 3.02. The van der Waals surface area contributed by atoms with Crippen molar-refractivity contribution >= 4 is 11.9 Å². The van der Waals surface area contributed by atoms with Crippen LogP contribution in [-0.2, 0) is 9.59 Å². The topological polar surface area (TPSA) is 57.6 Å². The summed E-state index contributed by atoms with van der Waals surface area (Å²) < 4.78 is 0. The number of likely N-dealkylation sites (tertiary alicyclic amines) is 1. The van der Waals surface area contributed by atoms with Crippen molar-refractivity contribution in [3.05, 3.63) is 12.7 Å². The van der Waals surface area contributed by atoms with Crippen LogP contribution in [0, 0.1) is 5.92 Å². The van der Waals surface area contributed by atoms with Gasteiger partial charge in [-0.25, -0.2) is 4.79 Å². The highest BCUT2D eigenvalue weighted by Gasteiger charge is 2.49. The summed E-state index contributed by atoms with van der Waals surface area (Å²) in [6, 6.07) is 0. The van der Waals surface area contributed by atoms with Gasteiger partial charge in [-0.15, -0.1) is 6.58 Å². The number of amides is 1. The molecular weight excluding hydrogens is 206 g/mol. The average Bonchev–Trinajstić information content (AvgIpc) is 2.62. The summed E-state index contributed by atoms with van der Waals surface area (Å²) in [7, 11) is 0. The number of nitrogens with zero attached hydrogens (tertiary/aromatic N) is 1. The van der Waals surface area contributed by atoms with Gasteiger partial charge in [0.1, 0.15) is 5.54 Å². The third-order valence-corrected chi connectivity index (χ3v) is 3.13. The van der Waals surface area contributed by atoms with Crippen molar-refractivity contribution < 1.29 is 14.7 Å². The molecule has 1 fully saturated rings. The van der Waals surface area contributed by atoms with Gasteiger partial charge in [0.05, 0.1) is 0 Å². The molecule has 0 bridgehead atoms. The Labute approximate surface area is 95.9 Å². The first-order valence-electron chi connectivity index (χ1n) is 5.61. The molecule has 0 aromatic rings. The van der Waals surface area contributed by atoms with Gasteiger partial charge in [-0.3, -0.25) is 4.79 Å². The van der Waals surface area contributed by atoms with Crippen LogP contribution in [-0.4, -0.2) is 34.0 Å². The Morgan fingerprint density at radius 1 is 1.56 bits per heavy atom. The summed E-state index contributed by atoms with van der Waals surface area (Å²) in [6.45, 7) is 7.71. The molecule has 1 rings (SSSR count). The molecule has 0 aromatic carbocycles. The van der Waals surface area contributed by atoms with Crippen LogP contribution in [0.5, 0.6) is 0 Å². The van der Waals surface area contributed by atoms with Gasteiger partial charge in [0.25, 0.3) is 0 Å². The minimum Gasteiger partial charge on any atom is -0.479 e. The van der Waals surface area contributed by atoms with E-state index < -0.39 is 11.5 Å². The molecule has 0 spiro atoms. The maximum absolute atomic E-state index is 12.0. The van der Waals surface area contributed by atoms with Crippen LogP contribution in [0.4, 0.5) is 0 Å². The third kappa shape index (κ3) is 1.96. The smallest absolute Gasteiger partial charge is 0.329 e. The van der Waals surface area contributed by atoms with Crippen molar-refractivity contribution in [3.8, 4) is 0 Å². The summed E-state index contributed by atoms with van der Waals surface area (Å²) in [4.78, 5) is 24.9. The van der Waals surface area contributed by atoms with E-state index in [0.29, 0.717) is 19.4 Å². The monoisotopic (exact) mass is 225 g/mol. The summed E-state index contributed by atoms with van der Waals surface area (Å²) in [5, 5.41) is 9.35. The zero-order valence-corrected chi connectivity index (χ0v) is 9.90. The maximum Gasteiger partial charge on any atom is 0.329 e. The third-order valence-electron chi connectivity index (χ3n) is 3.13. The highest BCUT2D eigenvalue weighted by molar-refractivity contribution is 5.88. The molecule has 1 heterocycles. The Hall–Kier alpha value is -1.32. The van der Waals surface area contributed by atoms with E-state index in [-0.39, 0.29) is 11.8 Å². The van der Waals surface area contributed by atoms with Crippen molar-refractivity contribution in [2.24, 2.45) is 5.92 Å². The number of carboxylic acid groups (broad SMARTS) is 1. The minimum atomic E-state index is -1.05. The highest BCUT2D eigenvalue weighted by Crippen LogP contribution is 2.34. The van der Waals surface area contributed by atoms with Gasteiger partial charge < -0.3 is 10.0 Å². The van der Waals surface area contributed by atoms with Crippen molar-refractivity contribution in [3.63, 3.8) is 0 Å². The second kappa shape index (κ2) is 4.68. The normalized spacial score (nSPS) is 24.8. The summed E-state index contributed by atoms with van der Waals surface area (Å²) >= 11 is 0. The predicted octanol–water partition coefficient (Wildman–Crippen LogP) is 1.66. The lowest BCUT2D eigenvalue weighted by Gasteiger charge is -2.35. The zero-order valence-electron chi connectivity index (χ0n) is 9.90. The van der Waals surface area contributed by atoms with E-state index in [4.69, 9.17) is 0 Å². The van der Waals surface area contributed by atoms with Gasteiger partial charge in [0.2, 0.25) is 5.91 Å². The molecular formula is C12H19NO3. The Morgan fingerprint density at radius 2 is 2.19 bits per heavy atom. The molecule has 1 saturated heterocycles. The van der Waals surface area contributed by atoms with Crippen LogP contribution in [0.25, 0.3) is 0 Å². The quantitative estimate of drug-likeness (QED) is 0.740. The molecule has 4 heteroatoms. The lowest BCUT2D eigenvalue weighted by atomic mass is 9.91. The maximum atomic E-state index is 12.0. The van der Waals surface area contributed by atoms with Crippen molar-refractivity contribution in [1.82, 2.24) is 4.90 Å². The molecule has 1 N–H and O–H groups in total. The van der Waals surface area contributed by atoms with Crippen LogP contribution in [0.2, 0.25) is 0 Å². The number of carbonyl (C=O) groups is 2. The molecule has 0 aliphatic carbocycles. The fourth-order valence-corrected chi connectivity index (χ4v) is 2.27. The first-order valence-corrected chi connectivity index (χ1v) is 5.61.